The van der Waals surface area contributed by atoms with Crippen LogP contribution in [0, 0.1) is 5.41 Å². The van der Waals surface area contributed by atoms with Crippen molar-refractivity contribution in [3.05, 3.63) is 39.6 Å². The highest BCUT2D eigenvalue weighted by atomic mass is 79.9. The molecule has 3 nitrogen and oxygen atoms in total. The maximum Gasteiger partial charge on any atom is 0.167 e. The van der Waals surface area contributed by atoms with E-state index in [9.17, 15) is 9.90 Å². The highest BCUT2D eigenvalue weighted by Gasteiger charge is 2.41. The van der Waals surface area contributed by atoms with Gasteiger partial charge in [-0.3, -0.25) is 4.79 Å². The molecular formula is C18H21BrO3. The lowest BCUT2D eigenvalue weighted by atomic mass is 9.67. The minimum Gasteiger partial charge on any atom is -0.512 e. The summed E-state index contributed by atoms with van der Waals surface area (Å²) in [6, 6.07) is 5.95. The van der Waals surface area contributed by atoms with Gasteiger partial charge in [-0.25, -0.2) is 0 Å². The molecule has 0 aromatic heterocycles. The Morgan fingerprint density at radius 1 is 1.27 bits per heavy atom. The zero-order valence-corrected chi connectivity index (χ0v) is 14.4. The molecule has 1 aromatic carbocycles. The SMILES string of the molecule is CCc1ccc(Br)cc1C1=C(O)CC2(CCOCC2)CC1=O. The third kappa shape index (κ3) is 2.86. The molecule has 0 bridgehead atoms. The number of aryl methyl sites for hydroxylation is 1. The first-order chi connectivity index (χ1) is 10.5. The lowest BCUT2D eigenvalue weighted by Crippen LogP contribution is -2.36. The zero-order chi connectivity index (χ0) is 15.7. The molecule has 1 aromatic rings. The number of aliphatic hydroxyl groups is 1. The molecule has 1 saturated heterocycles. The van der Waals surface area contributed by atoms with Gasteiger partial charge in [0.1, 0.15) is 5.76 Å². The van der Waals surface area contributed by atoms with Crippen LogP contribution in [0.4, 0.5) is 0 Å². The van der Waals surface area contributed by atoms with Gasteiger partial charge in [-0.15, -0.1) is 0 Å². The van der Waals surface area contributed by atoms with E-state index in [0.29, 0.717) is 31.6 Å². The van der Waals surface area contributed by atoms with Crippen molar-refractivity contribution < 1.29 is 14.6 Å². The number of hydrogen-bond donors (Lipinski definition) is 1. The number of halogens is 1. The zero-order valence-electron chi connectivity index (χ0n) is 12.8. The van der Waals surface area contributed by atoms with E-state index < -0.39 is 0 Å². The van der Waals surface area contributed by atoms with E-state index >= 15 is 0 Å². The van der Waals surface area contributed by atoms with Crippen molar-refractivity contribution in [3.8, 4) is 0 Å². The van der Waals surface area contributed by atoms with Crippen LogP contribution in [-0.4, -0.2) is 24.1 Å². The van der Waals surface area contributed by atoms with Crippen molar-refractivity contribution >= 4 is 27.3 Å². The third-order valence-corrected chi connectivity index (χ3v) is 5.41. The number of carbonyl (C=O) groups excluding carboxylic acids is 1. The molecule has 3 rings (SSSR count). The molecule has 1 fully saturated rings. The molecule has 1 N–H and O–H groups in total. The smallest absolute Gasteiger partial charge is 0.167 e. The molecule has 1 aliphatic heterocycles. The van der Waals surface area contributed by atoms with Crippen molar-refractivity contribution in [3.63, 3.8) is 0 Å². The first kappa shape index (κ1) is 15.8. The van der Waals surface area contributed by atoms with Crippen LogP contribution in [0.2, 0.25) is 0 Å². The summed E-state index contributed by atoms with van der Waals surface area (Å²) >= 11 is 3.47. The van der Waals surface area contributed by atoms with Crippen LogP contribution in [0.25, 0.3) is 5.57 Å². The van der Waals surface area contributed by atoms with Crippen molar-refractivity contribution in [2.75, 3.05) is 13.2 Å². The average molecular weight is 365 g/mol. The van der Waals surface area contributed by atoms with Crippen LogP contribution < -0.4 is 0 Å². The van der Waals surface area contributed by atoms with E-state index in [1.807, 2.05) is 18.2 Å². The molecule has 2 aliphatic rings. The van der Waals surface area contributed by atoms with E-state index in [2.05, 4.69) is 22.9 Å². The highest BCUT2D eigenvalue weighted by molar-refractivity contribution is 9.10. The molecule has 22 heavy (non-hydrogen) atoms. The first-order valence-electron chi connectivity index (χ1n) is 7.86. The molecule has 1 spiro atoms. The molecule has 0 radical (unpaired) electrons. The van der Waals surface area contributed by atoms with Gasteiger partial charge in [0.15, 0.2) is 5.78 Å². The Morgan fingerprint density at radius 2 is 2.00 bits per heavy atom. The van der Waals surface area contributed by atoms with Crippen LogP contribution in [0.15, 0.2) is 28.4 Å². The van der Waals surface area contributed by atoms with Gasteiger partial charge in [0.25, 0.3) is 0 Å². The largest absolute Gasteiger partial charge is 0.512 e. The van der Waals surface area contributed by atoms with Gasteiger partial charge >= 0.3 is 0 Å². The van der Waals surface area contributed by atoms with E-state index in [0.717, 1.165) is 34.9 Å². The second kappa shape index (κ2) is 6.17. The summed E-state index contributed by atoms with van der Waals surface area (Å²) in [6.07, 6.45) is 3.66. The Morgan fingerprint density at radius 3 is 2.64 bits per heavy atom. The number of rotatable bonds is 2. The summed E-state index contributed by atoms with van der Waals surface area (Å²) in [4.78, 5) is 12.8. The van der Waals surface area contributed by atoms with Gasteiger partial charge in [-0.05, 0) is 47.9 Å². The first-order valence-corrected chi connectivity index (χ1v) is 8.66. The number of ketones is 1. The Kier molecular flexibility index (Phi) is 4.42. The monoisotopic (exact) mass is 364 g/mol. The molecule has 118 valence electrons. The minimum atomic E-state index is -0.0959. The van der Waals surface area contributed by atoms with Crippen LogP contribution in [0.5, 0.6) is 0 Å². The van der Waals surface area contributed by atoms with Crippen molar-refractivity contribution in [1.29, 1.82) is 0 Å². The number of aliphatic hydroxyl groups excluding tert-OH is 1. The van der Waals surface area contributed by atoms with Crippen LogP contribution in [0.1, 0.15) is 43.7 Å². The van der Waals surface area contributed by atoms with Gasteiger partial charge in [0.05, 0.1) is 5.57 Å². The summed E-state index contributed by atoms with van der Waals surface area (Å²) in [6.45, 7) is 3.44. The summed E-state index contributed by atoms with van der Waals surface area (Å²) < 4.78 is 6.35. The van der Waals surface area contributed by atoms with E-state index in [1.165, 1.54) is 0 Å². The van der Waals surface area contributed by atoms with Crippen molar-refractivity contribution in [1.82, 2.24) is 0 Å². The lowest BCUT2D eigenvalue weighted by Gasteiger charge is -2.39. The number of carbonyl (C=O) groups is 1. The fourth-order valence-electron chi connectivity index (χ4n) is 3.65. The number of allylic oxidation sites excluding steroid dienone is 2. The van der Waals surface area contributed by atoms with Gasteiger partial charge in [0.2, 0.25) is 0 Å². The Balaban J connectivity index is 2.02. The van der Waals surface area contributed by atoms with Gasteiger partial charge in [0, 0.05) is 30.5 Å². The Hall–Kier alpha value is -1.13. The van der Waals surface area contributed by atoms with Crippen LogP contribution in [0.3, 0.4) is 0 Å². The predicted octanol–water partition coefficient (Wildman–Crippen LogP) is 4.44. The standard InChI is InChI=1S/C18H21BrO3/c1-2-12-3-4-13(19)9-14(12)17-15(20)10-18(11-16(17)21)5-7-22-8-6-18/h3-4,9,20H,2,5-8,10-11H2,1H3. The second-order valence-corrected chi connectivity index (χ2v) is 7.28. The van der Waals surface area contributed by atoms with E-state index in [-0.39, 0.29) is 17.0 Å². The minimum absolute atomic E-state index is 0.0680. The molecule has 0 saturated carbocycles. The summed E-state index contributed by atoms with van der Waals surface area (Å²) in [5, 5.41) is 10.6. The fourth-order valence-corrected chi connectivity index (χ4v) is 4.01. The van der Waals surface area contributed by atoms with Gasteiger partial charge in [-0.2, -0.15) is 0 Å². The van der Waals surface area contributed by atoms with E-state index in [1.54, 1.807) is 0 Å². The summed E-state index contributed by atoms with van der Waals surface area (Å²) in [7, 11) is 0. The molecular weight excluding hydrogens is 344 g/mol. The Bertz CT molecular complexity index is 627. The summed E-state index contributed by atoms with van der Waals surface area (Å²) in [5.74, 6) is 0.324. The van der Waals surface area contributed by atoms with Crippen LogP contribution in [-0.2, 0) is 16.0 Å². The molecule has 0 amide bonds. The molecule has 1 heterocycles. The quantitative estimate of drug-likeness (QED) is 0.843. The van der Waals surface area contributed by atoms with Crippen LogP contribution >= 0.6 is 15.9 Å². The van der Waals surface area contributed by atoms with Gasteiger partial charge < -0.3 is 9.84 Å². The molecule has 0 atom stereocenters. The lowest BCUT2D eigenvalue weighted by molar-refractivity contribution is -0.118. The summed E-state index contributed by atoms with van der Waals surface area (Å²) in [5.41, 5.74) is 2.40. The number of hydrogen-bond acceptors (Lipinski definition) is 3. The van der Waals surface area contributed by atoms with E-state index in [4.69, 9.17) is 4.74 Å². The number of ether oxygens (including phenoxy) is 1. The fraction of sp³-hybridized carbons (Fsp3) is 0.500. The second-order valence-electron chi connectivity index (χ2n) is 6.37. The highest BCUT2D eigenvalue weighted by Crippen LogP contribution is 2.46. The Labute approximate surface area is 139 Å². The topological polar surface area (TPSA) is 46.5 Å². The number of benzene rings is 1. The normalized spacial score (nSPS) is 21.5. The number of Topliss-reactive ketones (excluding diaryl/α,β-unsaturated/α-hetero) is 1. The van der Waals surface area contributed by atoms with Crippen molar-refractivity contribution in [2.24, 2.45) is 5.41 Å². The molecule has 0 unspecified atom stereocenters. The maximum atomic E-state index is 12.8. The molecule has 4 heteroatoms. The average Bonchev–Trinajstić information content (AvgIpc) is 2.47. The predicted molar refractivity (Wildman–Crippen MR) is 89.8 cm³/mol. The van der Waals surface area contributed by atoms with Crippen molar-refractivity contribution in [2.45, 2.75) is 39.0 Å². The maximum absolute atomic E-state index is 12.8. The van der Waals surface area contributed by atoms with Gasteiger partial charge in [-0.1, -0.05) is 28.9 Å². The molecule has 1 aliphatic carbocycles. The third-order valence-electron chi connectivity index (χ3n) is 4.92.